The first-order valence-corrected chi connectivity index (χ1v) is 18.4. The molecule has 9 rings (SSSR count). The molecule has 6 atom stereocenters. The van der Waals surface area contributed by atoms with Crippen LogP contribution in [0.5, 0.6) is 6.01 Å². The fourth-order valence-electron chi connectivity index (χ4n) is 8.97. The molecule has 2 aliphatic carbocycles. The summed E-state index contributed by atoms with van der Waals surface area (Å²) in [4.78, 5) is 18.3. The number of hydrogen-bond acceptors (Lipinski definition) is 11. The summed E-state index contributed by atoms with van der Waals surface area (Å²) in [5, 5.41) is 12.8. The van der Waals surface area contributed by atoms with E-state index in [1.165, 1.54) is 12.3 Å². The molecule has 50 heavy (non-hydrogen) atoms. The van der Waals surface area contributed by atoms with Gasteiger partial charge in [0.2, 0.25) is 0 Å². The van der Waals surface area contributed by atoms with Crippen molar-refractivity contribution in [1.29, 1.82) is 5.26 Å². The summed E-state index contributed by atoms with van der Waals surface area (Å²) in [5.41, 5.74) is 4.28. The summed E-state index contributed by atoms with van der Waals surface area (Å²) < 4.78 is 73.4. The fraction of sp³-hybridized carbons (Fsp3) is 0.600. The van der Waals surface area contributed by atoms with E-state index in [4.69, 9.17) is 20.2 Å². The summed E-state index contributed by atoms with van der Waals surface area (Å²) in [5.74, 6) is -1.22. The third kappa shape index (κ3) is 5.54. The lowest BCUT2D eigenvalue weighted by Crippen LogP contribution is -2.51. The summed E-state index contributed by atoms with van der Waals surface area (Å²) in [6.45, 7) is 3.82. The van der Waals surface area contributed by atoms with Crippen molar-refractivity contribution in [2.24, 2.45) is 17.1 Å². The maximum Gasteiger partial charge on any atom is 0.420 e. The van der Waals surface area contributed by atoms with Crippen LogP contribution < -0.4 is 20.7 Å². The monoisotopic (exact) mass is 710 g/mol. The van der Waals surface area contributed by atoms with Gasteiger partial charge >= 0.3 is 12.2 Å². The van der Waals surface area contributed by atoms with E-state index in [1.54, 1.807) is 0 Å². The SMILES string of the molecule is N#CC1=C(N)SC2C(F)=CC=C(c3ncc4c(N5CC6CCC(C5)N6)nc(OCC5(CN6C7CCOCC6CC7)CC5)nc4c3C(F)(F)F)C12. The molecule has 2 aromatic heterocycles. The zero-order chi connectivity index (χ0) is 34.4. The quantitative estimate of drug-likeness (QED) is 0.374. The Morgan fingerprint density at radius 2 is 1.88 bits per heavy atom. The van der Waals surface area contributed by atoms with E-state index >= 15 is 13.2 Å². The highest BCUT2D eigenvalue weighted by molar-refractivity contribution is 8.04. The van der Waals surface area contributed by atoms with E-state index in [0.29, 0.717) is 37.6 Å². The number of nitrogens with one attached hydrogen (secondary N) is 1. The molecule has 2 aromatic rings. The molecule has 0 amide bonds. The zero-order valence-electron chi connectivity index (χ0n) is 27.4. The first-order chi connectivity index (χ1) is 24.1. The Balaban J connectivity index is 1.13. The lowest BCUT2D eigenvalue weighted by atomic mass is 9.82. The van der Waals surface area contributed by atoms with E-state index < -0.39 is 34.4 Å². The van der Waals surface area contributed by atoms with Crippen LogP contribution in [0.1, 0.15) is 56.2 Å². The molecular weight excluding hydrogens is 672 g/mol. The van der Waals surface area contributed by atoms with E-state index in [0.717, 1.165) is 82.5 Å². The second-order valence-electron chi connectivity index (χ2n) is 14.9. The molecule has 10 nitrogen and oxygen atoms in total. The van der Waals surface area contributed by atoms with Crippen LogP contribution in [0.4, 0.5) is 23.4 Å². The molecule has 15 heteroatoms. The number of nitriles is 1. The first kappa shape index (κ1) is 32.5. The molecule has 5 fully saturated rings. The number of hydrogen-bond donors (Lipinski definition) is 2. The second-order valence-corrected chi connectivity index (χ2v) is 16.1. The van der Waals surface area contributed by atoms with Gasteiger partial charge in [-0.1, -0.05) is 17.8 Å². The van der Waals surface area contributed by atoms with Crippen LogP contribution in [0, 0.1) is 22.7 Å². The molecule has 0 radical (unpaired) electrons. The summed E-state index contributed by atoms with van der Waals surface area (Å²) in [6, 6.07) is 3.17. The van der Waals surface area contributed by atoms with E-state index in [2.05, 4.69) is 20.2 Å². The summed E-state index contributed by atoms with van der Waals surface area (Å²) in [7, 11) is 0. The molecule has 264 valence electrons. The molecule has 6 unspecified atom stereocenters. The van der Waals surface area contributed by atoms with E-state index in [1.807, 2.05) is 11.0 Å². The predicted octanol–water partition coefficient (Wildman–Crippen LogP) is 5.07. The summed E-state index contributed by atoms with van der Waals surface area (Å²) >= 11 is 0.941. The van der Waals surface area contributed by atoms with Gasteiger partial charge in [0.25, 0.3) is 0 Å². The van der Waals surface area contributed by atoms with Crippen LogP contribution in [0.3, 0.4) is 0 Å². The van der Waals surface area contributed by atoms with Crippen molar-refractivity contribution < 1.29 is 27.0 Å². The molecule has 3 N–H and O–H groups in total. The van der Waals surface area contributed by atoms with E-state index in [9.17, 15) is 9.65 Å². The molecule has 0 spiro atoms. The largest absolute Gasteiger partial charge is 0.463 e. The van der Waals surface area contributed by atoms with Crippen LogP contribution in [-0.4, -0.2) is 88.7 Å². The van der Waals surface area contributed by atoms with Crippen molar-refractivity contribution in [2.75, 3.05) is 44.4 Å². The highest BCUT2D eigenvalue weighted by Crippen LogP contribution is 2.53. The second kappa shape index (κ2) is 12.1. The van der Waals surface area contributed by atoms with E-state index in [-0.39, 0.29) is 50.6 Å². The highest BCUT2D eigenvalue weighted by Gasteiger charge is 2.50. The zero-order valence-corrected chi connectivity index (χ0v) is 28.2. The van der Waals surface area contributed by atoms with Gasteiger partial charge in [-0.25, -0.2) is 4.39 Å². The number of nitrogens with zero attached hydrogens (tertiary/aromatic N) is 6. The number of rotatable bonds is 7. The van der Waals surface area contributed by atoms with Gasteiger partial charge in [-0.3, -0.25) is 9.88 Å². The lowest BCUT2D eigenvalue weighted by molar-refractivity contribution is -0.136. The highest BCUT2D eigenvalue weighted by atomic mass is 32.2. The maximum absolute atomic E-state index is 15.4. The minimum absolute atomic E-state index is 0.0346. The van der Waals surface area contributed by atoms with Gasteiger partial charge in [-0.2, -0.15) is 28.4 Å². The molecule has 4 bridgehead atoms. The number of allylic oxidation sites excluding steroid dienone is 4. The Kier molecular flexibility index (Phi) is 7.83. The van der Waals surface area contributed by atoms with Crippen LogP contribution in [-0.2, 0) is 10.9 Å². The Bertz CT molecular complexity index is 1850. The van der Waals surface area contributed by atoms with Crippen molar-refractivity contribution in [3.63, 3.8) is 0 Å². The first-order valence-electron chi connectivity index (χ1n) is 17.5. The van der Waals surface area contributed by atoms with Gasteiger partial charge in [-0.15, -0.1) is 0 Å². The number of anilines is 1. The predicted molar refractivity (Wildman–Crippen MR) is 179 cm³/mol. The molecular formula is C35H38F4N8O2S. The number of alkyl halides is 3. The topological polar surface area (TPSA) is 125 Å². The van der Waals surface area contributed by atoms with Gasteiger partial charge in [0.05, 0.1) is 51.7 Å². The molecule has 1 saturated carbocycles. The van der Waals surface area contributed by atoms with Crippen LogP contribution >= 0.6 is 11.8 Å². The minimum atomic E-state index is -4.90. The van der Waals surface area contributed by atoms with Crippen LogP contribution in [0.15, 0.2) is 34.8 Å². The van der Waals surface area contributed by atoms with Crippen LogP contribution in [0.25, 0.3) is 16.5 Å². The third-order valence-electron chi connectivity index (χ3n) is 11.7. The molecule has 7 aliphatic rings. The van der Waals surface area contributed by atoms with Gasteiger partial charge < -0.3 is 25.4 Å². The maximum atomic E-state index is 15.4. The Hall–Kier alpha value is -3.45. The Morgan fingerprint density at radius 1 is 1.10 bits per heavy atom. The van der Waals surface area contributed by atoms with Gasteiger partial charge in [0, 0.05) is 67.9 Å². The van der Waals surface area contributed by atoms with Gasteiger partial charge in [-0.05, 0) is 56.6 Å². The lowest BCUT2D eigenvalue weighted by Gasteiger charge is -2.34. The molecule has 4 saturated heterocycles. The number of aromatic nitrogens is 3. The van der Waals surface area contributed by atoms with Gasteiger partial charge in [0.1, 0.15) is 17.2 Å². The number of ether oxygens (including phenoxy) is 2. The third-order valence-corrected chi connectivity index (χ3v) is 12.9. The number of fused-ring (bicyclic) bond motifs is 6. The Labute approximate surface area is 291 Å². The molecule has 7 heterocycles. The number of thioether (sulfide) groups is 1. The Morgan fingerprint density at radius 3 is 2.62 bits per heavy atom. The minimum Gasteiger partial charge on any atom is -0.463 e. The molecule has 5 aliphatic heterocycles. The number of halogens is 4. The average Bonchev–Trinajstić information content (AvgIpc) is 3.53. The normalized spacial score (nSPS) is 31.7. The average molecular weight is 711 g/mol. The van der Waals surface area contributed by atoms with Gasteiger partial charge in [0.15, 0.2) is 0 Å². The standard InChI is InChI=1S/C35H38F4N8O2S/c36-25-6-5-22(26-23(11-40)31(41)50-30(25)26)28-27(35(37,38)39)29-24(12-42-28)32(46-13-18-1-2-19(14-46)43-18)45-33(44-29)49-17-34(8-9-34)16-47-20-3-4-21(47)15-48-10-7-20/h5-6,12,18-21,26,30,43H,1-4,7-10,13-17,41H2. The van der Waals surface area contributed by atoms with Crippen molar-refractivity contribution in [3.8, 4) is 12.1 Å². The fourth-order valence-corrected chi connectivity index (χ4v) is 10.2. The van der Waals surface area contributed by atoms with Crippen molar-refractivity contribution in [2.45, 2.75) is 80.5 Å². The number of pyridine rings is 1. The van der Waals surface area contributed by atoms with Crippen LogP contribution in [0.2, 0.25) is 0 Å². The smallest absolute Gasteiger partial charge is 0.420 e. The number of nitrogens with two attached hydrogens (primary N) is 1. The summed E-state index contributed by atoms with van der Waals surface area (Å²) in [6.07, 6.45) is 6.05. The van der Waals surface area contributed by atoms with Crippen molar-refractivity contribution >= 4 is 34.1 Å². The number of piperazine rings is 1. The van der Waals surface area contributed by atoms with Crippen molar-refractivity contribution in [3.05, 3.63) is 46.0 Å². The molecule has 0 aromatic carbocycles. The van der Waals surface area contributed by atoms with Crippen molar-refractivity contribution in [1.82, 2.24) is 25.2 Å².